The predicted molar refractivity (Wildman–Crippen MR) is 57.4 cm³/mol. The lowest BCUT2D eigenvalue weighted by Crippen LogP contribution is -2.49. The van der Waals surface area contributed by atoms with E-state index >= 15 is 0 Å². The zero-order valence-corrected chi connectivity index (χ0v) is 9.84. The van der Waals surface area contributed by atoms with Gasteiger partial charge in [0, 0.05) is 13.0 Å². The average molecular weight is 215 g/mol. The quantitative estimate of drug-likeness (QED) is 0.716. The molecule has 1 unspecified atom stereocenters. The van der Waals surface area contributed by atoms with E-state index in [1.165, 1.54) is 0 Å². The van der Waals surface area contributed by atoms with E-state index < -0.39 is 5.54 Å². The van der Waals surface area contributed by atoms with Gasteiger partial charge in [-0.25, -0.2) is 4.79 Å². The van der Waals surface area contributed by atoms with E-state index in [2.05, 4.69) is 20.8 Å². The highest BCUT2D eigenvalue weighted by molar-refractivity contribution is 5.81. The molecule has 1 heterocycles. The van der Waals surface area contributed by atoms with Gasteiger partial charge in [-0.1, -0.05) is 20.8 Å². The van der Waals surface area contributed by atoms with Gasteiger partial charge in [0.25, 0.3) is 0 Å². The van der Waals surface area contributed by atoms with Crippen molar-refractivity contribution in [2.24, 2.45) is 11.1 Å². The normalized spacial score (nSPS) is 26.7. The number of ether oxygens (including phenoxy) is 2. The zero-order chi connectivity index (χ0) is 11.5. The van der Waals surface area contributed by atoms with Crippen LogP contribution in [0, 0.1) is 5.41 Å². The molecule has 1 rings (SSSR count). The molecule has 0 saturated carbocycles. The first-order valence-corrected chi connectivity index (χ1v) is 5.37. The average Bonchev–Trinajstić information content (AvgIpc) is 2.51. The number of esters is 1. The van der Waals surface area contributed by atoms with Crippen LogP contribution in [0.15, 0.2) is 0 Å². The summed E-state index contributed by atoms with van der Waals surface area (Å²) in [5.41, 5.74) is 5.12. The summed E-state index contributed by atoms with van der Waals surface area (Å²) >= 11 is 0. The van der Waals surface area contributed by atoms with Gasteiger partial charge >= 0.3 is 5.97 Å². The van der Waals surface area contributed by atoms with Crippen LogP contribution in [0.3, 0.4) is 0 Å². The summed E-state index contributed by atoms with van der Waals surface area (Å²) in [5, 5.41) is 0. The van der Waals surface area contributed by atoms with E-state index in [1.807, 2.05) is 0 Å². The maximum Gasteiger partial charge on any atom is 0.328 e. The fourth-order valence-corrected chi connectivity index (χ4v) is 1.34. The molecule has 0 bridgehead atoms. The molecule has 0 radical (unpaired) electrons. The van der Waals surface area contributed by atoms with Crippen LogP contribution in [-0.4, -0.2) is 31.3 Å². The Bertz CT molecular complexity index is 226. The van der Waals surface area contributed by atoms with E-state index in [0.717, 1.165) is 6.42 Å². The summed E-state index contributed by atoms with van der Waals surface area (Å²) in [6.45, 7) is 7.58. The number of nitrogens with two attached hydrogens (primary N) is 1. The Balaban J connectivity index is 2.30. The van der Waals surface area contributed by atoms with Crippen LogP contribution in [0.2, 0.25) is 0 Å². The minimum Gasteiger partial charge on any atom is -0.464 e. The largest absolute Gasteiger partial charge is 0.464 e. The third kappa shape index (κ3) is 3.80. The molecule has 0 amide bonds. The van der Waals surface area contributed by atoms with Crippen LogP contribution in [0.5, 0.6) is 0 Å². The van der Waals surface area contributed by atoms with Gasteiger partial charge in [0.2, 0.25) is 0 Å². The Hall–Kier alpha value is -0.610. The molecule has 2 N–H and O–H groups in total. The van der Waals surface area contributed by atoms with Crippen molar-refractivity contribution < 1.29 is 14.3 Å². The van der Waals surface area contributed by atoms with E-state index in [0.29, 0.717) is 19.6 Å². The van der Waals surface area contributed by atoms with Gasteiger partial charge in [0.05, 0.1) is 13.2 Å². The highest BCUT2D eigenvalue weighted by atomic mass is 16.5. The van der Waals surface area contributed by atoms with Gasteiger partial charge in [0.15, 0.2) is 0 Å². The molecule has 0 aromatic heterocycles. The maximum atomic E-state index is 11.6. The van der Waals surface area contributed by atoms with Gasteiger partial charge in [-0.15, -0.1) is 0 Å². The predicted octanol–water partition coefficient (Wildman–Crippen LogP) is 1.08. The monoisotopic (exact) mass is 215 g/mol. The standard InChI is InChI=1S/C11H21NO3/c1-10(2,3)4-7-15-9(13)11(12)5-6-14-8-11/h4-8,12H2,1-3H3. The van der Waals surface area contributed by atoms with Crippen LogP contribution < -0.4 is 5.73 Å². The van der Waals surface area contributed by atoms with Crippen molar-refractivity contribution in [2.45, 2.75) is 39.2 Å². The highest BCUT2D eigenvalue weighted by Gasteiger charge is 2.39. The van der Waals surface area contributed by atoms with Crippen LogP contribution >= 0.6 is 0 Å². The molecule has 15 heavy (non-hydrogen) atoms. The number of hydrogen-bond donors (Lipinski definition) is 1. The lowest BCUT2D eigenvalue weighted by molar-refractivity contribution is -0.150. The van der Waals surface area contributed by atoms with Gasteiger partial charge in [-0.3, -0.25) is 0 Å². The van der Waals surface area contributed by atoms with E-state index in [1.54, 1.807) is 0 Å². The van der Waals surface area contributed by atoms with E-state index in [9.17, 15) is 4.79 Å². The Kier molecular flexibility index (Phi) is 3.73. The van der Waals surface area contributed by atoms with Crippen LogP contribution in [0.4, 0.5) is 0 Å². The highest BCUT2D eigenvalue weighted by Crippen LogP contribution is 2.20. The Labute approximate surface area is 91.1 Å². The van der Waals surface area contributed by atoms with E-state index in [4.69, 9.17) is 15.2 Å². The summed E-state index contributed by atoms with van der Waals surface area (Å²) in [7, 11) is 0. The summed E-state index contributed by atoms with van der Waals surface area (Å²) in [4.78, 5) is 11.6. The van der Waals surface area contributed by atoms with Gasteiger partial charge in [0.1, 0.15) is 5.54 Å². The van der Waals surface area contributed by atoms with Crippen molar-refractivity contribution in [2.75, 3.05) is 19.8 Å². The van der Waals surface area contributed by atoms with Crippen molar-refractivity contribution in [1.29, 1.82) is 0 Å². The lowest BCUT2D eigenvalue weighted by atomic mass is 9.93. The molecule has 0 aromatic carbocycles. The molecule has 4 nitrogen and oxygen atoms in total. The molecule has 1 aliphatic heterocycles. The molecule has 1 fully saturated rings. The van der Waals surface area contributed by atoms with Crippen molar-refractivity contribution >= 4 is 5.97 Å². The summed E-state index contributed by atoms with van der Waals surface area (Å²) in [5.74, 6) is -0.329. The second-order valence-corrected chi connectivity index (χ2v) is 5.41. The minimum atomic E-state index is -0.905. The van der Waals surface area contributed by atoms with Gasteiger partial charge in [-0.2, -0.15) is 0 Å². The summed E-state index contributed by atoms with van der Waals surface area (Å²) < 4.78 is 10.3. The molecule has 88 valence electrons. The Morgan fingerprint density at radius 3 is 2.67 bits per heavy atom. The topological polar surface area (TPSA) is 61.5 Å². The Morgan fingerprint density at radius 2 is 2.20 bits per heavy atom. The maximum absolute atomic E-state index is 11.6. The minimum absolute atomic E-state index is 0.175. The fraction of sp³-hybridized carbons (Fsp3) is 0.909. The van der Waals surface area contributed by atoms with Crippen LogP contribution in [-0.2, 0) is 14.3 Å². The van der Waals surface area contributed by atoms with Crippen molar-refractivity contribution in [3.63, 3.8) is 0 Å². The van der Waals surface area contributed by atoms with Gasteiger partial charge in [-0.05, 0) is 11.8 Å². The van der Waals surface area contributed by atoms with Gasteiger partial charge < -0.3 is 15.2 Å². The van der Waals surface area contributed by atoms with Crippen LogP contribution in [0.1, 0.15) is 33.6 Å². The SMILES string of the molecule is CC(C)(C)CCOC(=O)C1(N)CCOC1. The molecule has 1 aliphatic rings. The number of rotatable bonds is 3. The van der Waals surface area contributed by atoms with Crippen LogP contribution in [0.25, 0.3) is 0 Å². The van der Waals surface area contributed by atoms with E-state index in [-0.39, 0.29) is 18.0 Å². The molecular formula is C11H21NO3. The fourth-order valence-electron chi connectivity index (χ4n) is 1.34. The third-order valence-corrected chi connectivity index (χ3v) is 2.54. The third-order valence-electron chi connectivity index (χ3n) is 2.54. The molecule has 0 spiro atoms. The number of carbonyl (C=O) groups is 1. The number of hydrogen-bond acceptors (Lipinski definition) is 4. The molecule has 0 aliphatic carbocycles. The molecule has 4 heteroatoms. The molecule has 1 saturated heterocycles. The second-order valence-electron chi connectivity index (χ2n) is 5.41. The first-order chi connectivity index (χ1) is 6.83. The first kappa shape index (κ1) is 12.5. The number of carbonyl (C=O) groups excluding carboxylic acids is 1. The molecule has 0 aromatic rings. The molecular weight excluding hydrogens is 194 g/mol. The zero-order valence-electron chi connectivity index (χ0n) is 9.84. The van der Waals surface area contributed by atoms with Crippen molar-refractivity contribution in [3.8, 4) is 0 Å². The Morgan fingerprint density at radius 1 is 1.53 bits per heavy atom. The first-order valence-electron chi connectivity index (χ1n) is 5.37. The lowest BCUT2D eigenvalue weighted by Gasteiger charge is -2.22. The summed E-state index contributed by atoms with van der Waals surface area (Å²) in [6.07, 6.45) is 1.40. The summed E-state index contributed by atoms with van der Waals surface area (Å²) in [6, 6.07) is 0. The smallest absolute Gasteiger partial charge is 0.328 e. The molecule has 1 atom stereocenters. The second kappa shape index (κ2) is 4.49. The van der Waals surface area contributed by atoms with Crippen molar-refractivity contribution in [3.05, 3.63) is 0 Å². The van der Waals surface area contributed by atoms with Crippen molar-refractivity contribution in [1.82, 2.24) is 0 Å².